The van der Waals surface area contributed by atoms with Crippen molar-refractivity contribution in [2.24, 2.45) is 0 Å². The summed E-state index contributed by atoms with van der Waals surface area (Å²) in [6, 6.07) is 5.89. The average Bonchev–Trinajstić information content (AvgIpc) is 2.74. The van der Waals surface area contributed by atoms with Crippen molar-refractivity contribution in [2.75, 3.05) is 20.1 Å². The Morgan fingerprint density at radius 3 is 2.86 bits per heavy atom. The van der Waals surface area contributed by atoms with Crippen LogP contribution in [0.2, 0.25) is 0 Å². The summed E-state index contributed by atoms with van der Waals surface area (Å²) in [7, 11) is 2.15. The van der Waals surface area contributed by atoms with Crippen LogP contribution in [0.5, 0.6) is 0 Å². The van der Waals surface area contributed by atoms with Crippen molar-refractivity contribution in [3.8, 4) is 0 Å². The Kier molecular flexibility index (Phi) is 5.76. The van der Waals surface area contributed by atoms with Crippen LogP contribution in [-0.2, 0) is 13.0 Å². The van der Waals surface area contributed by atoms with Gasteiger partial charge >= 0.3 is 0 Å². The summed E-state index contributed by atoms with van der Waals surface area (Å²) in [5.41, 5.74) is 1.21. The molecule has 0 radical (unpaired) electrons. The van der Waals surface area contributed by atoms with Crippen molar-refractivity contribution in [3.05, 3.63) is 39.9 Å². The lowest BCUT2D eigenvalue weighted by Gasteiger charge is -2.31. The molecule has 1 N–H and O–H groups in total. The normalized spacial score (nSPS) is 17.6. The molecule has 1 aliphatic carbocycles. The van der Waals surface area contributed by atoms with Crippen LogP contribution >= 0.6 is 0 Å². The molecule has 1 aromatic heterocycles. The van der Waals surface area contributed by atoms with Gasteiger partial charge in [-0.1, -0.05) is 19.3 Å². The molecule has 0 saturated heterocycles. The maximum absolute atomic E-state index is 12.7. The van der Waals surface area contributed by atoms with Gasteiger partial charge in [-0.05, 0) is 50.9 Å². The molecule has 1 fully saturated rings. The Morgan fingerprint density at radius 1 is 1.21 bits per heavy atom. The molecule has 0 atom stereocenters. The molecule has 0 bridgehead atoms. The van der Waals surface area contributed by atoms with E-state index in [2.05, 4.69) is 22.2 Å². The first-order valence-corrected chi connectivity index (χ1v) is 10.7. The number of rotatable bonds is 5. The van der Waals surface area contributed by atoms with Crippen LogP contribution in [0, 0.1) is 0 Å². The van der Waals surface area contributed by atoms with Gasteiger partial charge < -0.3 is 10.2 Å². The topological polar surface area (TPSA) is 67.2 Å². The minimum absolute atomic E-state index is 0.0146. The summed E-state index contributed by atoms with van der Waals surface area (Å²) in [5, 5.41) is 3.62. The third-order valence-corrected chi connectivity index (χ3v) is 6.28. The third-order valence-electron chi connectivity index (χ3n) is 6.28. The highest BCUT2D eigenvalue weighted by Gasteiger charge is 2.18. The van der Waals surface area contributed by atoms with Crippen molar-refractivity contribution in [2.45, 2.75) is 64.0 Å². The maximum atomic E-state index is 12.7. The second-order valence-corrected chi connectivity index (χ2v) is 8.20. The van der Waals surface area contributed by atoms with Gasteiger partial charge in [0, 0.05) is 37.7 Å². The Hall–Kier alpha value is -2.21. The number of aromatic nitrogens is 2. The highest BCUT2D eigenvalue weighted by molar-refractivity contribution is 5.97. The average molecular weight is 383 g/mol. The van der Waals surface area contributed by atoms with Gasteiger partial charge in [-0.15, -0.1) is 0 Å². The number of amides is 1. The molecule has 0 unspecified atom stereocenters. The summed E-state index contributed by atoms with van der Waals surface area (Å²) in [6.45, 7) is 2.23. The molecule has 28 heavy (non-hydrogen) atoms. The van der Waals surface area contributed by atoms with E-state index in [4.69, 9.17) is 0 Å². The Morgan fingerprint density at radius 2 is 2.04 bits per heavy atom. The number of likely N-dealkylation sites (N-methyl/N-ethyl adjacent to an activating group) is 1. The standard InChI is InChI=1S/C22H30N4O2/c1-25(17-7-3-2-4-8-17)14-12-23-21(27)16-10-11-18-19(15-16)24-20-9-5-6-13-26(20)22(18)28/h10-11,15,17H,2-9,12-14H2,1H3,(H,23,27). The van der Waals surface area contributed by atoms with E-state index in [1.165, 1.54) is 32.1 Å². The quantitative estimate of drug-likeness (QED) is 0.863. The first-order valence-electron chi connectivity index (χ1n) is 10.7. The Balaban J connectivity index is 1.42. The van der Waals surface area contributed by atoms with Crippen LogP contribution in [0.25, 0.3) is 10.9 Å². The minimum atomic E-state index is -0.0985. The van der Waals surface area contributed by atoms with Gasteiger partial charge in [0.2, 0.25) is 0 Å². The van der Waals surface area contributed by atoms with E-state index in [1.807, 2.05) is 0 Å². The van der Waals surface area contributed by atoms with E-state index in [-0.39, 0.29) is 11.5 Å². The molecular formula is C22H30N4O2. The minimum Gasteiger partial charge on any atom is -0.351 e. The second-order valence-electron chi connectivity index (χ2n) is 8.20. The monoisotopic (exact) mass is 382 g/mol. The molecule has 2 heterocycles. The highest BCUT2D eigenvalue weighted by Crippen LogP contribution is 2.21. The van der Waals surface area contributed by atoms with E-state index in [0.717, 1.165) is 38.2 Å². The molecule has 2 aromatic rings. The molecule has 2 aliphatic rings. The molecule has 1 aromatic carbocycles. The van der Waals surface area contributed by atoms with Crippen LogP contribution in [-0.4, -0.2) is 46.5 Å². The number of fused-ring (bicyclic) bond motifs is 2. The van der Waals surface area contributed by atoms with Gasteiger partial charge in [0.25, 0.3) is 11.5 Å². The van der Waals surface area contributed by atoms with Crippen molar-refractivity contribution in [1.29, 1.82) is 0 Å². The third kappa shape index (κ3) is 3.97. The van der Waals surface area contributed by atoms with Crippen LogP contribution in [0.3, 0.4) is 0 Å². The van der Waals surface area contributed by atoms with Gasteiger partial charge in [-0.25, -0.2) is 4.98 Å². The zero-order valence-electron chi connectivity index (χ0n) is 16.7. The number of aryl methyl sites for hydroxylation is 1. The molecule has 0 spiro atoms. The molecular weight excluding hydrogens is 352 g/mol. The van der Waals surface area contributed by atoms with Crippen LogP contribution < -0.4 is 10.9 Å². The van der Waals surface area contributed by atoms with Crippen LogP contribution in [0.4, 0.5) is 0 Å². The van der Waals surface area contributed by atoms with Gasteiger partial charge in [0.05, 0.1) is 10.9 Å². The molecule has 1 aliphatic heterocycles. The number of carbonyl (C=O) groups excluding carboxylic acids is 1. The van der Waals surface area contributed by atoms with Gasteiger partial charge in [-0.3, -0.25) is 14.2 Å². The fourth-order valence-electron chi connectivity index (χ4n) is 4.53. The summed E-state index contributed by atoms with van der Waals surface area (Å²) >= 11 is 0. The van der Waals surface area contributed by atoms with E-state index in [1.54, 1.807) is 22.8 Å². The van der Waals surface area contributed by atoms with E-state index in [9.17, 15) is 9.59 Å². The molecule has 6 nitrogen and oxygen atoms in total. The maximum Gasteiger partial charge on any atom is 0.261 e. The fourth-order valence-corrected chi connectivity index (χ4v) is 4.53. The molecule has 150 valence electrons. The number of nitrogens with zero attached hydrogens (tertiary/aromatic N) is 3. The lowest BCUT2D eigenvalue weighted by molar-refractivity contribution is 0.0944. The van der Waals surface area contributed by atoms with Crippen LogP contribution in [0.15, 0.2) is 23.0 Å². The summed E-state index contributed by atoms with van der Waals surface area (Å²) in [4.78, 5) is 32.3. The van der Waals surface area contributed by atoms with Gasteiger partial charge in [0.1, 0.15) is 5.82 Å². The van der Waals surface area contributed by atoms with E-state index < -0.39 is 0 Å². The van der Waals surface area contributed by atoms with Crippen molar-refractivity contribution < 1.29 is 4.79 Å². The van der Waals surface area contributed by atoms with Gasteiger partial charge in [-0.2, -0.15) is 0 Å². The SMILES string of the molecule is CN(CCNC(=O)c1ccc2c(=O)n3c(nc2c1)CCCC3)C1CCCCC1. The fraction of sp³-hybridized carbons (Fsp3) is 0.591. The predicted molar refractivity (Wildman–Crippen MR) is 111 cm³/mol. The molecule has 4 rings (SSSR count). The Bertz CT molecular complexity index is 915. The highest BCUT2D eigenvalue weighted by atomic mass is 16.1. The smallest absolute Gasteiger partial charge is 0.261 e. The summed E-state index contributed by atoms with van der Waals surface area (Å²) in [5.74, 6) is 0.744. The predicted octanol–water partition coefficient (Wildman–Crippen LogP) is 2.73. The second kappa shape index (κ2) is 8.43. The van der Waals surface area contributed by atoms with E-state index >= 15 is 0 Å². The largest absolute Gasteiger partial charge is 0.351 e. The molecule has 6 heteroatoms. The lowest BCUT2D eigenvalue weighted by Crippen LogP contribution is -2.39. The van der Waals surface area contributed by atoms with E-state index in [0.29, 0.717) is 29.1 Å². The molecule has 1 amide bonds. The number of nitrogens with one attached hydrogen (secondary N) is 1. The first kappa shape index (κ1) is 19.1. The zero-order chi connectivity index (χ0) is 19.5. The first-order chi connectivity index (χ1) is 13.6. The summed E-state index contributed by atoms with van der Waals surface area (Å²) < 4.78 is 1.78. The lowest BCUT2D eigenvalue weighted by atomic mass is 9.94. The van der Waals surface area contributed by atoms with Crippen molar-refractivity contribution in [1.82, 2.24) is 19.8 Å². The number of benzene rings is 1. The van der Waals surface area contributed by atoms with Gasteiger partial charge in [0.15, 0.2) is 0 Å². The zero-order valence-corrected chi connectivity index (χ0v) is 16.7. The molecule has 1 saturated carbocycles. The Labute approximate surface area is 165 Å². The number of hydrogen-bond donors (Lipinski definition) is 1. The van der Waals surface area contributed by atoms with Crippen LogP contribution in [0.1, 0.15) is 61.1 Å². The number of hydrogen-bond acceptors (Lipinski definition) is 4. The van der Waals surface area contributed by atoms with Crippen molar-refractivity contribution >= 4 is 16.8 Å². The number of carbonyl (C=O) groups is 1. The van der Waals surface area contributed by atoms with Crippen molar-refractivity contribution in [3.63, 3.8) is 0 Å². The summed E-state index contributed by atoms with van der Waals surface area (Å²) in [6.07, 6.45) is 9.42.